The summed E-state index contributed by atoms with van der Waals surface area (Å²) in [5, 5.41) is 3.69. The Morgan fingerprint density at radius 1 is 1.28 bits per heavy atom. The first-order chi connectivity index (χ1) is 8.40. The highest BCUT2D eigenvalue weighted by Gasteiger charge is 2.47. The van der Waals surface area contributed by atoms with E-state index in [1.54, 1.807) is 0 Å². The van der Waals surface area contributed by atoms with Gasteiger partial charge < -0.3 is 5.32 Å². The zero-order chi connectivity index (χ0) is 13.0. The van der Waals surface area contributed by atoms with E-state index in [4.69, 9.17) is 0 Å². The largest absolute Gasteiger partial charge is 0.308 e. The molecule has 104 valence electrons. The van der Waals surface area contributed by atoms with Gasteiger partial charge in [-0.1, -0.05) is 0 Å². The van der Waals surface area contributed by atoms with Gasteiger partial charge in [0.25, 0.3) is 0 Å². The van der Waals surface area contributed by atoms with Gasteiger partial charge in [0.2, 0.25) is 0 Å². The Bertz CT molecular complexity index is 432. The predicted molar refractivity (Wildman–Crippen MR) is 72.4 cm³/mol. The molecule has 2 aliphatic heterocycles. The molecule has 18 heavy (non-hydrogen) atoms. The smallest absolute Gasteiger partial charge is 0.151 e. The lowest BCUT2D eigenvalue weighted by Gasteiger charge is -2.48. The zero-order valence-electron chi connectivity index (χ0n) is 11.4. The average Bonchev–Trinajstić information content (AvgIpc) is 3.08. The van der Waals surface area contributed by atoms with Crippen molar-refractivity contribution in [2.75, 3.05) is 24.6 Å². The van der Waals surface area contributed by atoms with Crippen molar-refractivity contribution in [3.63, 3.8) is 0 Å². The van der Waals surface area contributed by atoms with E-state index in [-0.39, 0.29) is 11.6 Å². The number of nitrogens with zero attached hydrogens (tertiary/aromatic N) is 1. The van der Waals surface area contributed by atoms with Gasteiger partial charge in [0.15, 0.2) is 9.84 Å². The number of sulfone groups is 1. The molecule has 0 aromatic heterocycles. The minimum absolute atomic E-state index is 0.207. The Morgan fingerprint density at radius 3 is 2.56 bits per heavy atom. The first-order valence-electron chi connectivity index (χ1n) is 7.11. The van der Waals surface area contributed by atoms with Crippen molar-refractivity contribution in [2.45, 2.75) is 50.7 Å². The molecule has 3 atom stereocenters. The lowest BCUT2D eigenvalue weighted by molar-refractivity contribution is 0.0544. The van der Waals surface area contributed by atoms with Crippen LogP contribution in [0, 0.1) is 5.92 Å². The van der Waals surface area contributed by atoms with Gasteiger partial charge in [0.05, 0.1) is 11.5 Å². The van der Waals surface area contributed by atoms with Gasteiger partial charge >= 0.3 is 0 Å². The summed E-state index contributed by atoms with van der Waals surface area (Å²) in [6, 6.07) is 0.709. The molecule has 0 radical (unpaired) electrons. The van der Waals surface area contributed by atoms with Crippen LogP contribution < -0.4 is 5.32 Å². The Morgan fingerprint density at radius 2 is 2.00 bits per heavy atom. The van der Waals surface area contributed by atoms with E-state index in [0.717, 1.165) is 25.4 Å². The second-order valence-electron chi connectivity index (χ2n) is 6.65. The SMILES string of the molecule is CC1CNC(C)(C2CC2)CN1C1CCS(=O)(=O)C1. The number of hydrogen-bond acceptors (Lipinski definition) is 4. The lowest BCUT2D eigenvalue weighted by Crippen LogP contribution is -2.65. The van der Waals surface area contributed by atoms with Crippen molar-refractivity contribution in [1.82, 2.24) is 10.2 Å². The third-order valence-corrected chi connectivity index (χ3v) is 6.78. The molecule has 5 heteroatoms. The van der Waals surface area contributed by atoms with Crippen LogP contribution in [0.4, 0.5) is 0 Å². The predicted octanol–water partition coefficient (Wildman–Crippen LogP) is 0.636. The maximum atomic E-state index is 11.7. The first kappa shape index (κ1) is 12.9. The summed E-state index contributed by atoms with van der Waals surface area (Å²) in [5.74, 6) is 1.55. The topological polar surface area (TPSA) is 49.4 Å². The minimum atomic E-state index is -2.77. The van der Waals surface area contributed by atoms with Crippen molar-refractivity contribution in [3.8, 4) is 0 Å². The quantitative estimate of drug-likeness (QED) is 0.801. The fourth-order valence-electron chi connectivity index (χ4n) is 3.61. The van der Waals surface area contributed by atoms with Crippen LogP contribution in [0.3, 0.4) is 0 Å². The molecule has 3 fully saturated rings. The fourth-order valence-corrected chi connectivity index (χ4v) is 5.35. The van der Waals surface area contributed by atoms with Crippen molar-refractivity contribution < 1.29 is 8.42 Å². The molecular weight excluding hydrogens is 248 g/mol. The van der Waals surface area contributed by atoms with E-state index >= 15 is 0 Å². The molecule has 0 spiro atoms. The monoisotopic (exact) mass is 272 g/mol. The molecule has 1 saturated carbocycles. The summed E-state index contributed by atoms with van der Waals surface area (Å²) < 4.78 is 23.3. The zero-order valence-corrected chi connectivity index (χ0v) is 12.2. The van der Waals surface area contributed by atoms with Crippen molar-refractivity contribution in [3.05, 3.63) is 0 Å². The third-order valence-electron chi connectivity index (χ3n) is 5.03. The van der Waals surface area contributed by atoms with Crippen LogP contribution in [0.25, 0.3) is 0 Å². The molecular formula is C13H24N2O2S. The first-order valence-corrected chi connectivity index (χ1v) is 8.93. The molecule has 3 aliphatic rings. The highest BCUT2D eigenvalue weighted by Crippen LogP contribution is 2.42. The van der Waals surface area contributed by atoms with Gasteiger partial charge in [-0.15, -0.1) is 0 Å². The minimum Gasteiger partial charge on any atom is -0.308 e. The van der Waals surface area contributed by atoms with Gasteiger partial charge in [-0.05, 0) is 39.0 Å². The van der Waals surface area contributed by atoms with Gasteiger partial charge in [0.1, 0.15) is 0 Å². The lowest BCUT2D eigenvalue weighted by atomic mass is 9.90. The van der Waals surface area contributed by atoms with Crippen LogP contribution in [0.1, 0.15) is 33.1 Å². The molecule has 1 aliphatic carbocycles. The molecule has 0 aromatic carbocycles. The molecule has 2 saturated heterocycles. The molecule has 0 amide bonds. The van der Waals surface area contributed by atoms with Gasteiger partial charge in [-0.25, -0.2) is 8.42 Å². The normalized spacial score (nSPS) is 45.2. The van der Waals surface area contributed by atoms with Crippen LogP contribution in [0.2, 0.25) is 0 Å². The standard InChI is InChI=1S/C13H24N2O2S/c1-10-7-14-13(2,11-3-4-11)9-15(10)12-5-6-18(16,17)8-12/h10-12,14H,3-9H2,1-2H3. The molecule has 0 aromatic rings. The van der Waals surface area contributed by atoms with E-state index < -0.39 is 9.84 Å². The maximum absolute atomic E-state index is 11.7. The Labute approximate surface area is 110 Å². The van der Waals surface area contributed by atoms with E-state index in [9.17, 15) is 8.42 Å². The molecule has 2 heterocycles. The second kappa shape index (κ2) is 4.18. The van der Waals surface area contributed by atoms with E-state index in [1.165, 1.54) is 12.8 Å². The third kappa shape index (κ3) is 2.32. The summed E-state index contributed by atoms with van der Waals surface area (Å²) >= 11 is 0. The van der Waals surface area contributed by atoms with E-state index in [0.29, 0.717) is 17.5 Å². The fraction of sp³-hybridized carbons (Fsp3) is 1.00. The second-order valence-corrected chi connectivity index (χ2v) is 8.88. The molecule has 3 rings (SSSR count). The van der Waals surface area contributed by atoms with Crippen LogP contribution in [0.5, 0.6) is 0 Å². The Kier molecular flexibility index (Phi) is 2.99. The highest BCUT2D eigenvalue weighted by atomic mass is 32.2. The van der Waals surface area contributed by atoms with Gasteiger partial charge in [-0.3, -0.25) is 4.90 Å². The van der Waals surface area contributed by atoms with E-state index in [1.807, 2.05) is 0 Å². The summed E-state index contributed by atoms with van der Waals surface area (Å²) in [4.78, 5) is 2.46. The van der Waals surface area contributed by atoms with Crippen molar-refractivity contribution in [1.29, 1.82) is 0 Å². The van der Waals surface area contributed by atoms with Crippen LogP contribution >= 0.6 is 0 Å². The summed E-state index contributed by atoms with van der Waals surface area (Å²) in [7, 11) is -2.77. The van der Waals surface area contributed by atoms with Crippen LogP contribution in [-0.2, 0) is 9.84 Å². The number of rotatable bonds is 2. The Hall–Kier alpha value is -0.130. The number of hydrogen-bond donors (Lipinski definition) is 1. The molecule has 0 bridgehead atoms. The van der Waals surface area contributed by atoms with Crippen LogP contribution in [-0.4, -0.2) is 55.5 Å². The molecule has 4 nitrogen and oxygen atoms in total. The summed E-state index contributed by atoms with van der Waals surface area (Å²) in [5.41, 5.74) is 0.207. The molecule has 1 N–H and O–H groups in total. The summed E-state index contributed by atoms with van der Waals surface area (Å²) in [6.07, 6.45) is 3.48. The van der Waals surface area contributed by atoms with Crippen molar-refractivity contribution >= 4 is 9.84 Å². The average molecular weight is 272 g/mol. The maximum Gasteiger partial charge on any atom is 0.151 e. The number of nitrogens with one attached hydrogen (secondary N) is 1. The van der Waals surface area contributed by atoms with E-state index in [2.05, 4.69) is 24.1 Å². The highest BCUT2D eigenvalue weighted by molar-refractivity contribution is 7.91. The van der Waals surface area contributed by atoms with Crippen molar-refractivity contribution in [2.24, 2.45) is 5.92 Å². The van der Waals surface area contributed by atoms with Gasteiger partial charge in [-0.2, -0.15) is 0 Å². The van der Waals surface area contributed by atoms with Crippen LogP contribution in [0.15, 0.2) is 0 Å². The summed E-state index contributed by atoms with van der Waals surface area (Å²) in [6.45, 7) is 6.53. The molecule has 3 unspecified atom stereocenters. The number of piperazine rings is 1. The van der Waals surface area contributed by atoms with Gasteiger partial charge in [0, 0.05) is 30.7 Å². The Balaban J connectivity index is 1.74.